The third-order valence-electron chi connectivity index (χ3n) is 2.12. The van der Waals surface area contributed by atoms with Gasteiger partial charge in [0.2, 0.25) is 0 Å². The molecular formula is C13H16O2. The number of methoxy groups -OCH3 is 1. The summed E-state index contributed by atoms with van der Waals surface area (Å²) in [6, 6.07) is 5.52. The minimum Gasteiger partial charge on any atom is -0.504 e. The monoisotopic (exact) mass is 204 g/mol. The summed E-state index contributed by atoms with van der Waals surface area (Å²) >= 11 is 0. The van der Waals surface area contributed by atoms with E-state index in [1.54, 1.807) is 13.2 Å². The van der Waals surface area contributed by atoms with Gasteiger partial charge in [-0.2, -0.15) is 0 Å². The minimum absolute atomic E-state index is 0.235. The Balaban J connectivity index is 2.69. The lowest BCUT2D eigenvalue weighted by atomic mass is 10.1. The average Bonchev–Trinajstić information content (AvgIpc) is 2.26. The Morgan fingerprint density at radius 1 is 1.33 bits per heavy atom. The Labute approximate surface area is 90.9 Å². The first-order chi connectivity index (χ1) is 7.29. The molecule has 15 heavy (non-hydrogen) atoms. The standard InChI is InChI=1S/C13H16O2/c1-3-4-5-6-8-11-9-7-10-12(15-2)13(11)14/h7,9-10,14H,3,6,8H2,1-2H3. The van der Waals surface area contributed by atoms with Crippen LogP contribution in [0.25, 0.3) is 0 Å². The molecule has 0 saturated carbocycles. The van der Waals surface area contributed by atoms with Gasteiger partial charge in [0.05, 0.1) is 7.11 Å². The lowest BCUT2D eigenvalue weighted by molar-refractivity contribution is 0.370. The van der Waals surface area contributed by atoms with E-state index in [-0.39, 0.29) is 5.75 Å². The third kappa shape index (κ3) is 3.21. The van der Waals surface area contributed by atoms with E-state index >= 15 is 0 Å². The van der Waals surface area contributed by atoms with Crippen molar-refractivity contribution in [2.24, 2.45) is 0 Å². The zero-order chi connectivity index (χ0) is 11.1. The number of hydrogen-bond donors (Lipinski definition) is 1. The molecule has 0 spiro atoms. The van der Waals surface area contributed by atoms with Crippen LogP contribution in [0.4, 0.5) is 0 Å². The van der Waals surface area contributed by atoms with Gasteiger partial charge in [0.25, 0.3) is 0 Å². The van der Waals surface area contributed by atoms with E-state index < -0.39 is 0 Å². The van der Waals surface area contributed by atoms with Crippen molar-refractivity contribution < 1.29 is 9.84 Å². The second-order valence-electron chi connectivity index (χ2n) is 3.18. The van der Waals surface area contributed by atoms with Gasteiger partial charge in [-0.1, -0.05) is 19.1 Å². The summed E-state index contributed by atoms with van der Waals surface area (Å²) in [5, 5.41) is 9.77. The predicted molar refractivity (Wildman–Crippen MR) is 61.0 cm³/mol. The van der Waals surface area contributed by atoms with Crippen molar-refractivity contribution in [3.05, 3.63) is 23.8 Å². The fourth-order valence-electron chi connectivity index (χ4n) is 1.34. The third-order valence-corrected chi connectivity index (χ3v) is 2.12. The van der Waals surface area contributed by atoms with Gasteiger partial charge in [-0.25, -0.2) is 0 Å². The zero-order valence-corrected chi connectivity index (χ0v) is 9.21. The topological polar surface area (TPSA) is 29.5 Å². The molecule has 1 aromatic carbocycles. The maximum Gasteiger partial charge on any atom is 0.160 e. The molecule has 0 unspecified atom stereocenters. The maximum absolute atomic E-state index is 9.77. The van der Waals surface area contributed by atoms with Gasteiger partial charge in [0.1, 0.15) is 0 Å². The number of rotatable bonds is 3. The largest absolute Gasteiger partial charge is 0.504 e. The Morgan fingerprint density at radius 3 is 2.80 bits per heavy atom. The zero-order valence-electron chi connectivity index (χ0n) is 9.21. The summed E-state index contributed by atoms with van der Waals surface area (Å²) in [5.74, 6) is 6.81. The summed E-state index contributed by atoms with van der Waals surface area (Å²) < 4.78 is 5.03. The van der Waals surface area contributed by atoms with Crippen LogP contribution < -0.4 is 4.74 Å². The number of aryl methyl sites for hydroxylation is 1. The van der Waals surface area contributed by atoms with Crippen LogP contribution in [-0.4, -0.2) is 12.2 Å². The molecule has 0 fully saturated rings. The summed E-state index contributed by atoms with van der Waals surface area (Å²) in [6.45, 7) is 2.02. The van der Waals surface area contributed by atoms with Gasteiger partial charge in [0, 0.05) is 12.8 Å². The normalized spacial score (nSPS) is 9.20. The molecule has 0 aliphatic heterocycles. The number of benzene rings is 1. The quantitative estimate of drug-likeness (QED) is 0.767. The van der Waals surface area contributed by atoms with Gasteiger partial charge < -0.3 is 9.84 Å². The predicted octanol–water partition coefficient (Wildman–Crippen LogP) is 2.75. The molecule has 2 heteroatoms. The summed E-state index contributed by atoms with van der Waals surface area (Å²) in [6.07, 6.45) is 2.41. The van der Waals surface area contributed by atoms with Gasteiger partial charge in [-0.15, -0.1) is 11.8 Å². The van der Waals surface area contributed by atoms with Gasteiger partial charge in [0.15, 0.2) is 11.5 Å². The Hall–Kier alpha value is -1.62. The van der Waals surface area contributed by atoms with Crippen LogP contribution in [0.15, 0.2) is 18.2 Å². The van der Waals surface area contributed by atoms with E-state index in [1.807, 2.05) is 19.1 Å². The number of phenols is 1. The fourth-order valence-corrected chi connectivity index (χ4v) is 1.34. The lowest BCUT2D eigenvalue weighted by Gasteiger charge is -2.06. The second kappa shape index (κ2) is 5.98. The smallest absolute Gasteiger partial charge is 0.160 e. The second-order valence-corrected chi connectivity index (χ2v) is 3.18. The molecule has 0 atom stereocenters. The van der Waals surface area contributed by atoms with Gasteiger partial charge >= 0.3 is 0 Å². The lowest BCUT2D eigenvalue weighted by Crippen LogP contribution is -1.89. The molecule has 1 aromatic rings. The molecular weight excluding hydrogens is 188 g/mol. The van der Waals surface area contributed by atoms with Crippen LogP contribution in [0, 0.1) is 11.8 Å². The molecule has 0 saturated heterocycles. The Bertz CT molecular complexity index is 372. The number of aromatic hydroxyl groups is 1. The Morgan fingerprint density at radius 2 is 2.13 bits per heavy atom. The van der Waals surface area contributed by atoms with Crippen molar-refractivity contribution in [2.75, 3.05) is 7.11 Å². The SMILES string of the molecule is CCC#CCCc1cccc(OC)c1O. The number of ether oxygens (including phenoxy) is 1. The van der Waals surface area contributed by atoms with Gasteiger partial charge in [-0.05, 0) is 18.1 Å². The molecule has 80 valence electrons. The van der Waals surface area contributed by atoms with Crippen molar-refractivity contribution in [3.63, 3.8) is 0 Å². The molecule has 0 amide bonds. The molecule has 0 radical (unpaired) electrons. The van der Waals surface area contributed by atoms with E-state index in [4.69, 9.17) is 4.74 Å². The van der Waals surface area contributed by atoms with E-state index in [9.17, 15) is 5.11 Å². The molecule has 1 rings (SSSR count). The highest BCUT2D eigenvalue weighted by Crippen LogP contribution is 2.29. The van der Waals surface area contributed by atoms with Crippen molar-refractivity contribution in [1.29, 1.82) is 0 Å². The number of hydrogen-bond acceptors (Lipinski definition) is 2. The first-order valence-corrected chi connectivity index (χ1v) is 5.10. The molecule has 0 heterocycles. The van der Waals surface area contributed by atoms with Crippen LogP contribution in [-0.2, 0) is 6.42 Å². The van der Waals surface area contributed by atoms with Crippen LogP contribution in [0.5, 0.6) is 11.5 Å². The van der Waals surface area contributed by atoms with Crippen LogP contribution in [0.1, 0.15) is 25.3 Å². The molecule has 1 N–H and O–H groups in total. The first-order valence-electron chi connectivity index (χ1n) is 5.10. The highest BCUT2D eigenvalue weighted by atomic mass is 16.5. The average molecular weight is 204 g/mol. The molecule has 0 aliphatic carbocycles. The molecule has 0 aromatic heterocycles. The summed E-state index contributed by atoms with van der Waals surface area (Å²) in [5.41, 5.74) is 0.889. The van der Waals surface area contributed by atoms with E-state index in [2.05, 4.69) is 11.8 Å². The van der Waals surface area contributed by atoms with Crippen LogP contribution >= 0.6 is 0 Å². The van der Waals surface area contributed by atoms with Crippen molar-refractivity contribution in [2.45, 2.75) is 26.2 Å². The Kier molecular flexibility index (Phi) is 4.56. The van der Waals surface area contributed by atoms with Crippen LogP contribution in [0.2, 0.25) is 0 Å². The maximum atomic E-state index is 9.77. The highest BCUT2D eigenvalue weighted by molar-refractivity contribution is 5.45. The van der Waals surface area contributed by atoms with E-state index in [0.717, 1.165) is 24.8 Å². The number of phenolic OH excluding ortho intramolecular Hbond substituents is 1. The molecule has 0 bridgehead atoms. The summed E-state index contributed by atoms with van der Waals surface area (Å²) in [7, 11) is 1.55. The van der Waals surface area contributed by atoms with E-state index in [0.29, 0.717) is 5.75 Å². The van der Waals surface area contributed by atoms with Gasteiger partial charge in [-0.3, -0.25) is 0 Å². The van der Waals surface area contributed by atoms with E-state index in [1.165, 1.54) is 0 Å². The fraction of sp³-hybridized carbons (Fsp3) is 0.385. The number of para-hydroxylation sites is 1. The molecule has 0 aliphatic rings. The van der Waals surface area contributed by atoms with Crippen molar-refractivity contribution in [3.8, 4) is 23.3 Å². The van der Waals surface area contributed by atoms with Crippen LogP contribution in [0.3, 0.4) is 0 Å². The summed E-state index contributed by atoms with van der Waals surface area (Å²) in [4.78, 5) is 0. The highest BCUT2D eigenvalue weighted by Gasteiger charge is 2.05. The molecule has 2 nitrogen and oxygen atoms in total. The van der Waals surface area contributed by atoms with Crippen molar-refractivity contribution in [1.82, 2.24) is 0 Å². The first kappa shape index (κ1) is 11.5. The van der Waals surface area contributed by atoms with Crippen molar-refractivity contribution >= 4 is 0 Å². The minimum atomic E-state index is 0.235.